The second-order valence-electron chi connectivity index (χ2n) is 4.21. The van der Waals surface area contributed by atoms with E-state index in [-0.39, 0.29) is 0 Å². The van der Waals surface area contributed by atoms with E-state index < -0.39 is 0 Å². The van der Waals surface area contributed by atoms with E-state index in [1.807, 2.05) is 0 Å². The first-order valence-electron chi connectivity index (χ1n) is 5.17. The van der Waals surface area contributed by atoms with Crippen LogP contribution in [0.2, 0.25) is 0 Å². The number of nitrogens with one attached hydrogen (secondary N) is 1. The molecule has 0 radical (unpaired) electrons. The first kappa shape index (κ1) is 10.0. The van der Waals surface area contributed by atoms with Crippen LogP contribution in [0.25, 0.3) is 0 Å². The molecule has 0 spiro atoms. The molecule has 1 rings (SSSR count). The van der Waals surface area contributed by atoms with Crippen molar-refractivity contribution >= 4 is 0 Å². The summed E-state index contributed by atoms with van der Waals surface area (Å²) in [6, 6.07) is 0.484. The molecular formula is C10H22N2. The Hall–Kier alpha value is -0.0800. The maximum Gasteiger partial charge on any atom is 0.0162 e. The van der Waals surface area contributed by atoms with Gasteiger partial charge in [-0.1, -0.05) is 19.8 Å². The fourth-order valence-corrected chi connectivity index (χ4v) is 1.96. The third kappa shape index (κ3) is 2.76. The lowest BCUT2D eigenvalue weighted by molar-refractivity contribution is 0.374. The number of nitrogens with two attached hydrogens (primary N) is 1. The molecule has 2 unspecified atom stereocenters. The SMILES string of the molecule is CC1CCCC1CN[C@H](C)CN. The van der Waals surface area contributed by atoms with Crippen LogP contribution < -0.4 is 11.1 Å². The van der Waals surface area contributed by atoms with Crippen molar-refractivity contribution in [3.05, 3.63) is 0 Å². The summed E-state index contributed by atoms with van der Waals surface area (Å²) in [5.74, 6) is 1.82. The number of rotatable bonds is 4. The molecule has 12 heavy (non-hydrogen) atoms. The van der Waals surface area contributed by atoms with E-state index in [4.69, 9.17) is 5.73 Å². The van der Waals surface area contributed by atoms with Crippen LogP contribution >= 0.6 is 0 Å². The van der Waals surface area contributed by atoms with Crippen LogP contribution in [0.1, 0.15) is 33.1 Å². The van der Waals surface area contributed by atoms with Crippen LogP contribution in [-0.4, -0.2) is 19.1 Å². The summed E-state index contributed by atoms with van der Waals surface area (Å²) in [5, 5.41) is 3.48. The highest BCUT2D eigenvalue weighted by Gasteiger charge is 2.22. The predicted molar refractivity (Wildman–Crippen MR) is 53.0 cm³/mol. The zero-order chi connectivity index (χ0) is 8.97. The van der Waals surface area contributed by atoms with Gasteiger partial charge in [-0.25, -0.2) is 0 Å². The smallest absolute Gasteiger partial charge is 0.0162 e. The minimum atomic E-state index is 0.484. The lowest BCUT2D eigenvalue weighted by atomic mass is 9.98. The van der Waals surface area contributed by atoms with Crippen molar-refractivity contribution in [2.45, 2.75) is 39.2 Å². The van der Waals surface area contributed by atoms with Gasteiger partial charge in [0.1, 0.15) is 0 Å². The maximum absolute atomic E-state index is 5.53. The number of hydrogen-bond acceptors (Lipinski definition) is 2. The fraction of sp³-hybridized carbons (Fsp3) is 1.00. The normalized spacial score (nSPS) is 32.2. The summed E-state index contributed by atoms with van der Waals surface area (Å²) >= 11 is 0. The molecule has 0 saturated heterocycles. The highest BCUT2D eigenvalue weighted by Crippen LogP contribution is 2.30. The molecule has 0 aromatic heterocycles. The van der Waals surface area contributed by atoms with E-state index in [0.29, 0.717) is 6.04 Å². The zero-order valence-corrected chi connectivity index (χ0v) is 8.34. The highest BCUT2D eigenvalue weighted by atomic mass is 14.9. The van der Waals surface area contributed by atoms with Gasteiger partial charge in [-0.15, -0.1) is 0 Å². The Labute approximate surface area is 75.9 Å². The van der Waals surface area contributed by atoms with Gasteiger partial charge in [0.15, 0.2) is 0 Å². The standard InChI is InChI=1S/C10H22N2/c1-8-4-3-5-10(8)7-12-9(2)6-11/h8-10,12H,3-7,11H2,1-2H3/t8?,9-,10?/m1/s1. The molecule has 3 atom stereocenters. The molecule has 1 saturated carbocycles. The van der Waals surface area contributed by atoms with Crippen LogP contribution in [0.4, 0.5) is 0 Å². The molecular weight excluding hydrogens is 148 g/mol. The van der Waals surface area contributed by atoms with Crippen molar-refractivity contribution in [1.82, 2.24) is 5.32 Å². The van der Waals surface area contributed by atoms with Gasteiger partial charge in [-0.2, -0.15) is 0 Å². The Balaban J connectivity index is 2.13. The fourth-order valence-electron chi connectivity index (χ4n) is 1.96. The molecule has 0 aliphatic heterocycles. The topological polar surface area (TPSA) is 38.0 Å². The van der Waals surface area contributed by atoms with Gasteiger partial charge in [-0.3, -0.25) is 0 Å². The van der Waals surface area contributed by atoms with E-state index >= 15 is 0 Å². The molecule has 0 heterocycles. The van der Waals surface area contributed by atoms with Gasteiger partial charge in [0.2, 0.25) is 0 Å². The van der Waals surface area contributed by atoms with Crippen molar-refractivity contribution in [2.75, 3.05) is 13.1 Å². The molecule has 1 fully saturated rings. The van der Waals surface area contributed by atoms with Crippen molar-refractivity contribution in [2.24, 2.45) is 17.6 Å². The lowest BCUT2D eigenvalue weighted by Gasteiger charge is -2.18. The third-order valence-electron chi connectivity index (χ3n) is 3.12. The van der Waals surface area contributed by atoms with Crippen molar-refractivity contribution in [3.8, 4) is 0 Å². The van der Waals surface area contributed by atoms with Crippen molar-refractivity contribution in [1.29, 1.82) is 0 Å². The molecule has 2 heteroatoms. The second kappa shape index (κ2) is 4.83. The number of hydrogen-bond donors (Lipinski definition) is 2. The van der Waals surface area contributed by atoms with E-state index in [1.165, 1.54) is 25.8 Å². The predicted octanol–water partition coefficient (Wildman–Crippen LogP) is 1.36. The van der Waals surface area contributed by atoms with Crippen molar-refractivity contribution < 1.29 is 0 Å². The van der Waals surface area contributed by atoms with Gasteiger partial charge < -0.3 is 11.1 Å². The average molecular weight is 170 g/mol. The molecule has 0 aromatic carbocycles. The molecule has 0 amide bonds. The maximum atomic E-state index is 5.53. The molecule has 3 N–H and O–H groups in total. The molecule has 0 bridgehead atoms. The average Bonchev–Trinajstić information content (AvgIpc) is 2.47. The van der Waals surface area contributed by atoms with Crippen molar-refractivity contribution in [3.63, 3.8) is 0 Å². The first-order chi connectivity index (χ1) is 5.74. The minimum Gasteiger partial charge on any atom is -0.329 e. The van der Waals surface area contributed by atoms with Crippen LogP contribution in [0, 0.1) is 11.8 Å². The minimum absolute atomic E-state index is 0.484. The summed E-state index contributed by atoms with van der Waals surface area (Å²) < 4.78 is 0. The molecule has 72 valence electrons. The van der Waals surface area contributed by atoms with Gasteiger partial charge >= 0.3 is 0 Å². The quantitative estimate of drug-likeness (QED) is 0.668. The zero-order valence-electron chi connectivity index (χ0n) is 8.34. The molecule has 1 aliphatic carbocycles. The van der Waals surface area contributed by atoms with Crippen LogP contribution in [-0.2, 0) is 0 Å². The summed E-state index contributed by atoms with van der Waals surface area (Å²) in [7, 11) is 0. The Morgan fingerprint density at radius 1 is 1.50 bits per heavy atom. The molecule has 0 aromatic rings. The van der Waals surface area contributed by atoms with E-state index in [9.17, 15) is 0 Å². The van der Waals surface area contributed by atoms with Gasteiger partial charge in [0.25, 0.3) is 0 Å². The molecule has 1 aliphatic rings. The highest BCUT2D eigenvalue weighted by molar-refractivity contribution is 4.77. The monoisotopic (exact) mass is 170 g/mol. The first-order valence-corrected chi connectivity index (χ1v) is 5.17. The Morgan fingerprint density at radius 2 is 2.25 bits per heavy atom. The second-order valence-corrected chi connectivity index (χ2v) is 4.21. The Kier molecular flexibility index (Phi) is 4.02. The van der Waals surface area contributed by atoms with Gasteiger partial charge in [0.05, 0.1) is 0 Å². The van der Waals surface area contributed by atoms with Crippen LogP contribution in [0.3, 0.4) is 0 Å². The largest absolute Gasteiger partial charge is 0.329 e. The summed E-state index contributed by atoms with van der Waals surface area (Å²) in [4.78, 5) is 0. The Bertz CT molecular complexity index is 125. The third-order valence-corrected chi connectivity index (χ3v) is 3.12. The summed E-state index contributed by atoms with van der Waals surface area (Å²) in [6.45, 7) is 6.44. The molecule has 2 nitrogen and oxygen atoms in total. The van der Waals surface area contributed by atoms with E-state index in [2.05, 4.69) is 19.2 Å². The Morgan fingerprint density at radius 3 is 2.75 bits per heavy atom. The van der Waals surface area contributed by atoms with Crippen LogP contribution in [0.5, 0.6) is 0 Å². The lowest BCUT2D eigenvalue weighted by Crippen LogP contribution is -2.37. The van der Waals surface area contributed by atoms with Gasteiger partial charge in [0, 0.05) is 12.6 Å². The summed E-state index contributed by atoms with van der Waals surface area (Å²) in [5.41, 5.74) is 5.53. The van der Waals surface area contributed by atoms with Gasteiger partial charge in [-0.05, 0) is 31.7 Å². The van der Waals surface area contributed by atoms with E-state index in [1.54, 1.807) is 0 Å². The summed E-state index contributed by atoms with van der Waals surface area (Å²) in [6.07, 6.45) is 4.25. The van der Waals surface area contributed by atoms with E-state index in [0.717, 1.165) is 18.4 Å². The van der Waals surface area contributed by atoms with Crippen LogP contribution in [0.15, 0.2) is 0 Å².